The molecule has 0 aliphatic heterocycles. The Kier molecular flexibility index (Phi) is 6.29. The van der Waals surface area contributed by atoms with Crippen LogP contribution in [-0.2, 0) is 16.1 Å². The lowest BCUT2D eigenvalue weighted by molar-refractivity contribution is -0.112. The zero-order chi connectivity index (χ0) is 23.5. The Labute approximate surface area is 195 Å². The molecule has 4 aromatic rings. The number of aryl methyl sites for hydroxylation is 1. The second kappa shape index (κ2) is 9.31. The summed E-state index contributed by atoms with van der Waals surface area (Å²) in [6.07, 6.45) is 1.29. The first-order valence-electron chi connectivity index (χ1n) is 10.7. The van der Waals surface area contributed by atoms with Gasteiger partial charge in [-0.05, 0) is 62.1 Å². The molecular formula is C26H23N3O3S. The summed E-state index contributed by atoms with van der Waals surface area (Å²) in [6, 6.07) is 17.7. The van der Waals surface area contributed by atoms with Gasteiger partial charge in [0.1, 0.15) is 16.6 Å². The maximum absolute atomic E-state index is 12.8. The zero-order valence-corrected chi connectivity index (χ0v) is 19.4. The molecule has 2 aromatic carbocycles. The van der Waals surface area contributed by atoms with E-state index in [0.29, 0.717) is 5.00 Å². The molecule has 0 spiro atoms. The minimum absolute atomic E-state index is 0.0508. The van der Waals surface area contributed by atoms with Gasteiger partial charge >= 0.3 is 5.97 Å². The number of aromatic nitrogens is 1. The molecule has 1 amide bonds. The highest BCUT2D eigenvalue weighted by molar-refractivity contribution is 7.14. The third kappa shape index (κ3) is 4.38. The maximum Gasteiger partial charge on any atom is 0.341 e. The summed E-state index contributed by atoms with van der Waals surface area (Å²) in [5.41, 5.74) is 3.22. The van der Waals surface area contributed by atoms with Gasteiger partial charge in [-0.15, -0.1) is 11.3 Å². The number of esters is 1. The summed E-state index contributed by atoms with van der Waals surface area (Å²) in [4.78, 5) is 25.1. The monoisotopic (exact) mass is 457 g/mol. The van der Waals surface area contributed by atoms with Crippen LogP contribution >= 0.6 is 11.3 Å². The predicted molar refractivity (Wildman–Crippen MR) is 132 cm³/mol. The number of hydrogen-bond donors (Lipinski definition) is 1. The van der Waals surface area contributed by atoms with Crippen LogP contribution in [0, 0.1) is 11.3 Å². The van der Waals surface area contributed by atoms with E-state index in [2.05, 4.69) is 28.9 Å². The minimum Gasteiger partial charge on any atom is -0.459 e. The van der Waals surface area contributed by atoms with E-state index in [1.165, 1.54) is 11.3 Å². The van der Waals surface area contributed by atoms with Gasteiger partial charge < -0.3 is 14.6 Å². The van der Waals surface area contributed by atoms with Crippen LogP contribution in [0.1, 0.15) is 36.7 Å². The summed E-state index contributed by atoms with van der Waals surface area (Å²) >= 11 is 1.20. The number of thiophene rings is 1. The number of nitrogens with one attached hydrogen (secondary N) is 1. The van der Waals surface area contributed by atoms with Crippen molar-refractivity contribution in [2.45, 2.75) is 33.4 Å². The van der Waals surface area contributed by atoms with Crippen LogP contribution in [0.2, 0.25) is 0 Å². The second-order valence-corrected chi connectivity index (χ2v) is 8.70. The van der Waals surface area contributed by atoms with Crippen molar-refractivity contribution in [3.63, 3.8) is 0 Å². The van der Waals surface area contributed by atoms with Crippen LogP contribution in [0.5, 0.6) is 0 Å². The van der Waals surface area contributed by atoms with Gasteiger partial charge in [-0.2, -0.15) is 5.26 Å². The van der Waals surface area contributed by atoms with Gasteiger partial charge in [-0.25, -0.2) is 4.79 Å². The summed E-state index contributed by atoms with van der Waals surface area (Å²) in [7, 11) is 0. The number of benzene rings is 2. The quantitative estimate of drug-likeness (QED) is 0.219. The van der Waals surface area contributed by atoms with Crippen molar-refractivity contribution < 1.29 is 14.3 Å². The summed E-state index contributed by atoms with van der Waals surface area (Å²) in [5.74, 6) is -1.09. The van der Waals surface area contributed by atoms with Crippen molar-refractivity contribution in [1.29, 1.82) is 5.26 Å². The van der Waals surface area contributed by atoms with Crippen LogP contribution in [0.25, 0.3) is 27.9 Å². The topological polar surface area (TPSA) is 84.1 Å². The lowest BCUT2D eigenvalue weighted by atomic mass is 10.1. The lowest BCUT2D eigenvalue weighted by Gasteiger charge is -2.09. The van der Waals surface area contributed by atoms with E-state index in [1.54, 1.807) is 31.4 Å². The van der Waals surface area contributed by atoms with Gasteiger partial charge in [0.25, 0.3) is 5.91 Å². The van der Waals surface area contributed by atoms with Gasteiger partial charge in [-0.1, -0.05) is 24.3 Å². The van der Waals surface area contributed by atoms with Crippen molar-refractivity contribution in [2.24, 2.45) is 0 Å². The van der Waals surface area contributed by atoms with Gasteiger partial charge in [0.15, 0.2) is 0 Å². The van der Waals surface area contributed by atoms with Crippen molar-refractivity contribution in [3.8, 4) is 6.07 Å². The third-order valence-corrected chi connectivity index (χ3v) is 6.07. The Bertz CT molecular complexity index is 1440. The molecule has 0 unspecified atom stereocenters. The Morgan fingerprint density at radius 3 is 2.64 bits per heavy atom. The lowest BCUT2D eigenvalue weighted by Crippen LogP contribution is -2.17. The molecule has 7 heteroatoms. The van der Waals surface area contributed by atoms with E-state index in [4.69, 9.17) is 4.74 Å². The number of carbonyl (C=O) groups excluding carboxylic acids is 2. The minimum atomic E-state index is -0.574. The average Bonchev–Trinajstić information content (AvgIpc) is 3.38. The number of para-hydroxylation sites is 1. The van der Waals surface area contributed by atoms with E-state index < -0.39 is 11.9 Å². The average molecular weight is 458 g/mol. The fraction of sp³-hybridized carbons (Fsp3) is 0.192. The fourth-order valence-electron chi connectivity index (χ4n) is 3.83. The molecule has 0 bridgehead atoms. The Morgan fingerprint density at radius 2 is 1.91 bits per heavy atom. The second-order valence-electron chi connectivity index (χ2n) is 7.78. The highest BCUT2D eigenvalue weighted by atomic mass is 32.1. The molecular weight excluding hydrogens is 434 g/mol. The number of carbonyl (C=O) groups is 2. The maximum atomic E-state index is 12.8. The molecule has 0 saturated carbocycles. The highest BCUT2D eigenvalue weighted by Crippen LogP contribution is 2.30. The number of fused-ring (bicyclic) bond motifs is 3. The molecule has 33 heavy (non-hydrogen) atoms. The molecule has 2 aromatic heterocycles. The number of ether oxygens (including phenoxy) is 1. The molecule has 0 atom stereocenters. The smallest absolute Gasteiger partial charge is 0.341 e. The molecule has 4 rings (SSSR count). The van der Waals surface area contributed by atoms with Crippen molar-refractivity contribution >= 4 is 56.1 Å². The Balaban J connectivity index is 1.65. The number of nitriles is 1. The molecule has 0 aliphatic carbocycles. The molecule has 1 N–H and O–H groups in total. The van der Waals surface area contributed by atoms with Crippen LogP contribution < -0.4 is 5.32 Å². The number of rotatable bonds is 6. The molecule has 0 fully saturated rings. The van der Waals surface area contributed by atoms with Crippen molar-refractivity contribution in [2.75, 3.05) is 5.32 Å². The number of hydrogen-bond acceptors (Lipinski definition) is 5. The summed E-state index contributed by atoms with van der Waals surface area (Å²) in [6.45, 7) is 6.46. The SMILES string of the molecule is CCn1c2ccccc2c2cc(/C=C(\C#N)C(=O)Nc3sccc3C(=O)OC(C)C)ccc21. The third-order valence-electron chi connectivity index (χ3n) is 5.24. The predicted octanol–water partition coefficient (Wildman–Crippen LogP) is 5.99. The van der Waals surface area contributed by atoms with Gasteiger partial charge in [0.05, 0.1) is 11.7 Å². The zero-order valence-electron chi connectivity index (χ0n) is 18.6. The Morgan fingerprint density at radius 1 is 1.15 bits per heavy atom. The molecule has 2 heterocycles. The standard InChI is InChI=1S/C26H23N3O3S/c1-4-29-22-8-6-5-7-19(22)21-14-17(9-10-23(21)29)13-18(15-27)24(30)28-25-20(11-12-33-25)26(31)32-16(2)3/h5-14,16H,4H2,1-3H3,(H,28,30)/b18-13+. The van der Waals surface area contributed by atoms with Gasteiger partial charge in [0.2, 0.25) is 0 Å². The van der Waals surface area contributed by atoms with Gasteiger partial charge in [-0.3, -0.25) is 4.79 Å². The fourth-order valence-corrected chi connectivity index (χ4v) is 4.60. The van der Waals surface area contributed by atoms with E-state index >= 15 is 0 Å². The number of amides is 1. The summed E-state index contributed by atoms with van der Waals surface area (Å²) < 4.78 is 7.46. The molecule has 166 valence electrons. The van der Waals surface area contributed by atoms with E-state index in [1.807, 2.05) is 36.4 Å². The molecule has 0 radical (unpaired) electrons. The van der Waals surface area contributed by atoms with Crippen molar-refractivity contribution in [1.82, 2.24) is 4.57 Å². The largest absolute Gasteiger partial charge is 0.459 e. The van der Waals surface area contributed by atoms with Crippen molar-refractivity contribution in [3.05, 3.63) is 70.6 Å². The van der Waals surface area contributed by atoms with E-state index in [9.17, 15) is 14.9 Å². The number of nitrogens with zero attached hydrogens (tertiary/aromatic N) is 2. The first kappa shape index (κ1) is 22.3. The van der Waals surface area contributed by atoms with Crippen LogP contribution in [0.3, 0.4) is 0 Å². The first-order valence-corrected chi connectivity index (χ1v) is 11.5. The van der Waals surface area contributed by atoms with Crippen LogP contribution in [0.15, 0.2) is 59.5 Å². The molecule has 0 aliphatic rings. The number of anilines is 1. The van der Waals surface area contributed by atoms with Crippen LogP contribution in [0.4, 0.5) is 5.00 Å². The van der Waals surface area contributed by atoms with E-state index in [-0.39, 0.29) is 17.2 Å². The normalized spacial score (nSPS) is 11.7. The Hall–Kier alpha value is -3.89. The molecule has 0 saturated heterocycles. The summed E-state index contributed by atoms with van der Waals surface area (Å²) in [5, 5.41) is 16.6. The van der Waals surface area contributed by atoms with Crippen LogP contribution in [-0.4, -0.2) is 22.5 Å². The highest BCUT2D eigenvalue weighted by Gasteiger charge is 2.19. The van der Waals surface area contributed by atoms with E-state index in [0.717, 1.165) is 33.9 Å². The van der Waals surface area contributed by atoms with Gasteiger partial charge in [0, 0.05) is 28.4 Å². The molecule has 6 nitrogen and oxygen atoms in total. The first-order chi connectivity index (χ1) is 15.9.